The van der Waals surface area contributed by atoms with Crippen LogP contribution < -0.4 is 5.32 Å². The van der Waals surface area contributed by atoms with Gasteiger partial charge in [0.05, 0.1) is 11.8 Å². The van der Waals surface area contributed by atoms with Crippen molar-refractivity contribution in [1.82, 2.24) is 10.2 Å². The molecule has 0 aromatic heterocycles. The Morgan fingerprint density at radius 1 is 1.30 bits per heavy atom. The summed E-state index contributed by atoms with van der Waals surface area (Å²) in [6, 6.07) is 0.676. The second kappa shape index (κ2) is 6.61. The zero-order chi connectivity index (χ0) is 14.7. The van der Waals surface area contributed by atoms with Crippen molar-refractivity contribution in [3.05, 3.63) is 11.8 Å². The lowest BCUT2D eigenvalue weighted by Crippen LogP contribution is -2.50. The lowest BCUT2D eigenvalue weighted by atomic mass is 9.90. The van der Waals surface area contributed by atoms with Crippen LogP contribution in [0.25, 0.3) is 0 Å². The average molecular weight is 280 g/mol. The van der Waals surface area contributed by atoms with Crippen LogP contribution in [0.1, 0.15) is 46.5 Å². The number of hydrogen-bond donors (Lipinski definition) is 1. The summed E-state index contributed by atoms with van der Waals surface area (Å²) in [7, 11) is 1.78. The Balaban J connectivity index is 2.02. The van der Waals surface area contributed by atoms with E-state index in [4.69, 9.17) is 4.74 Å². The molecule has 2 rings (SSSR count). The molecule has 1 saturated carbocycles. The third kappa shape index (κ3) is 3.54. The summed E-state index contributed by atoms with van der Waals surface area (Å²) >= 11 is 0. The van der Waals surface area contributed by atoms with Crippen LogP contribution in [0.15, 0.2) is 11.8 Å². The molecule has 4 heteroatoms. The lowest BCUT2D eigenvalue weighted by Gasteiger charge is -2.40. The summed E-state index contributed by atoms with van der Waals surface area (Å²) in [4.78, 5) is 14.7. The molecule has 0 radical (unpaired) electrons. The number of rotatable bonds is 4. The van der Waals surface area contributed by atoms with Gasteiger partial charge in [0.25, 0.3) is 5.91 Å². The standard InChI is InChI=1S/C16H28N2O2/c1-11(2)17-15-9-12(3)10-18(16(15)19)13-5-7-14(20-4)8-6-13/h9,11-14,17H,5-8,10H2,1-4H3/t12?,13-,14+. The number of nitrogens with zero attached hydrogens (tertiary/aromatic N) is 1. The topological polar surface area (TPSA) is 41.6 Å². The molecule has 0 spiro atoms. The van der Waals surface area contributed by atoms with Crippen LogP contribution in [-0.2, 0) is 9.53 Å². The highest BCUT2D eigenvalue weighted by atomic mass is 16.5. The van der Waals surface area contributed by atoms with Gasteiger partial charge in [-0.1, -0.05) is 13.0 Å². The van der Waals surface area contributed by atoms with Crippen molar-refractivity contribution < 1.29 is 9.53 Å². The average Bonchev–Trinajstić information content (AvgIpc) is 2.42. The van der Waals surface area contributed by atoms with Gasteiger partial charge in [-0.2, -0.15) is 0 Å². The van der Waals surface area contributed by atoms with Gasteiger partial charge in [-0.25, -0.2) is 0 Å². The van der Waals surface area contributed by atoms with E-state index in [1.807, 2.05) is 0 Å². The maximum Gasteiger partial charge on any atom is 0.269 e. The number of ether oxygens (including phenoxy) is 1. The summed E-state index contributed by atoms with van der Waals surface area (Å²) in [5.74, 6) is 0.603. The Bertz CT molecular complexity index is 371. The van der Waals surface area contributed by atoms with Crippen molar-refractivity contribution >= 4 is 5.91 Å². The Kier molecular flexibility index (Phi) is 5.08. The van der Waals surface area contributed by atoms with Crippen LogP contribution in [-0.4, -0.2) is 42.6 Å². The molecule has 1 amide bonds. The second-order valence-corrected chi connectivity index (χ2v) is 6.48. The fourth-order valence-electron chi connectivity index (χ4n) is 3.28. The maximum atomic E-state index is 12.6. The number of nitrogens with one attached hydrogen (secondary N) is 1. The van der Waals surface area contributed by atoms with Crippen LogP contribution >= 0.6 is 0 Å². The molecule has 1 atom stereocenters. The second-order valence-electron chi connectivity index (χ2n) is 6.48. The summed E-state index contributed by atoms with van der Waals surface area (Å²) in [6.07, 6.45) is 6.72. The first-order chi connectivity index (χ1) is 9.51. The van der Waals surface area contributed by atoms with Gasteiger partial charge in [-0.15, -0.1) is 0 Å². The molecule has 0 aromatic carbocycles. The molecule has 114 valence electrons. The summed E-state index contributed by atoms with van der Waals surface area (Å²) < 4.78 is 5.42. The normalized spacial score (nSPS) is 31.4. The number of hydrogen-bond acceptors (Lipinski definition) is 3. The molecule has 0 bridgehead atoms. The van der Waals surface area contributed by atoms with E-state index in [1.165, 1.54) is 0 Å². The van der Waals surface area contributed by atoms with Crippen LogP contribution in [0.2, 0.25) is 0 Å². The first-order valence-electron chi connectivity index (χ1n) is 7.83. The summed E-state index contributed by atoms with van der Waals surface area (Å²) in [5, 5.41) is 3.30. The van der Waals surface area contributed by atoms with Gasteiger partial charge < -0.3 is 15.0 Å². The number of amides is 1. The highest BCUT2D eigenvalue weighted by Gasteiger charge is 2.33. The fraction of sp³-hybridized carbons (Fsp3) is 0.812. The molecule has 4 nitrogen and oxygen atoms in total. The van der Waals surface area contributed by atoms with Crippen molar-refractivity contribution in [2.24, 2.45) is 5.92 Å². The van der Waals surface area contributed by atoms with E-state index in [0.29, 0.717) is 24.1 Å². The van der Waals surface area contributed by atoms with Gasteiger partial charge in [-0.3, -0.25) is 4.79 Å². The number of carbonyl (C=O) groups excluding carboxylic acids is 1. The minimum Gasteiger partial charge on any atom is -0.381 e. The predicted octanol–water partition coefficient (Wildman–Crippen LogP) is 2.30. The van der Waals surface area contributed by atoms with E-state index in [2.05, 4.69) is 37.1 Å². The molecule has 1 unspecified atom stereocenters. The maximum absolute atomic E-state index is 12.6. The highest BCUT2D eigenvalue weighted by molar-refractivity contribution is 5.94. The van der Waals surface area contributed by atoms with Gasteiger partial charge in [0.2, 0.25) is 0 Å². The molecule has 0 saturated heterocycles. The van der Waals surface area contributed by atoms with Gasteiger partial charge in [0, 0.05) is 25.7 Å². The zero-order valence-corrected chi connectivity index (χ0v) is 13.2. The first kappa shape index (κ1) is 15.4. The molecule has 2 aliphatic rings. The summed E-state index contributed by atoms with van der Waals surface area (Å²) in [6.45, 7) is 7.18. The van der Waals surface area contributed by atoms with Crippen molar-refractivity contribution in [2.75, 3.05) is 13.7 Å². The van der Waals surface area contributed by atoms with E-state index in [9.17, 15) is 4.79 Å². The monoisotopic (exact) mass is 280 g/mol. The SMILES string of the molecule is CO[C@H]1CC[C@@H](N2CC(C)C=C(NC(C)C)C2=O)CC1. The lowest BCUT2D eigenvalue weighted by molar-refractivity contribution is -0.132. The molecule has 20 heavy (non-hydrogen) atoms. The first-order valence-corrected chi connectivity index (χ1v) is 7.83. The van der Waals surface area contributed by atoms with Gasteiger partial charge in [0.15, 0.2) is 0 Å². The quantitative estimate of drug-likeness (QED) is 0.859. The predicted molar refractivity (Wildman–Crippen MR) is 80.3 cm³/mol. The van der Waals surface area contributed by atoms with E-state index in [0.717, 1.165) is 37.9 Å². The van der Waals surface area contributed by atoms with Gasteiger partial charge >= 0.3 is 0 Å². The largest absolute Gasteiger partial charge is 0.381 e. The van der Waals surface area contributed by atoms with Crippen LogP contribution in [0.3, 0.4) is 0 Å². The van der Waals surface area contributed by atoms with Crippen molar-refractivity contribution in [3.63, 3.8) is 0 Å². The molecule has 1 fully saturated rings. The minimum atomic E-state index is 0.178. The number of carbonyl (C=O) groups is 1. The van der Waals surface area contributed by atoms with Crippen LogP contribution in [0.5, 0.6) is 0 Å². The summed E-state index contributed by atoms with van der Waals surface area (Å²) in [5.41, 5.74) is 0.785. The van der Waals surface area contributed by atoms with Gasteiger partial charge in [0.1, 0.15) is 0 Å². The Morgan fingerprint density at radius 2 is 1.95 bits per heavy atom. The molecule has 1 aliphatic heterocycles. The van der Waals surface area contributed by atoms with E-state index >= 15 is 0 Å². The van der Waals surface area contributed by atoms with E-state index < -0.39 is 0 Å². The third-order valence-electron chi connectivity index (χ3n) is 4.29. The molecular formula is C16H28N2O2. The minimum absolute atomic E-state index is 0.178. The number of methoxy groups -OCH3 is 1. The van der Waals surface area contributed by atoms with E-state index in [1.54, 1.807) is 7.11 Å². The van der Waals surface area contributed by atoms with E-state index in [-0.39, 0.29) is 5.91 Å². The molecular weight excluding hydrogens is 252 g/mol. The smallest absolute Gasteiger partial charge is 0.269 e. The van der Waals surface area contributed by atoms with Crippen molar-refractivity contribution in [2.45, 2.75) is 64.6 Å². The molecule has 1 heterocycles. The zero-order valence-electron chi connectivity index (χ0n) is 13.2. The Morgan fingerprint density at radius 3 is 2.50 bits per heavy atom. The third-order valence-corrected chi connectivity index (χ3v) is 4.29. The molecule has 0 aromatic rings. The van der Waals surface area contributed by atoms with Crippen LogP contribution in [0.4, 0.5) is 0 Å². The Labute approximate surface area is 122 Å². The fourth-order valence-corrected chi connectivity index (χ4v) is 3.28. The van der Waals surface area contributed by atoms with Gasteiger partial charge in [-0.05, 0) is 45.4 Å². The van der Waals surface area contributed by atoms with Crippen molar-refractivity contribution in [1.29, 1.82) is 0 Å². The molecule has 1 N–H and O–H groups in total. The Hall–Kier alpha value is -1.03. The van der Waals surface area contributed by atoms with Crippen LogP contribution in [0, 0.1) is 5.92 Å². The molecule has 1 aliphatic carbocycles. The van der Waals surface area contributed by atoms with Crippen molar-refractivity contribution in [3.8, 4) is 0 Å². The highest BCUT2D eigenvalue weighted by Crippen LogP contribution is 2.28.